The normalized spacial score (nSPS) is 17.1. The maximum atomic E-state index is 13.3. The van der Waals surface area contributed by atoms with Gasteiger partial charge in [-0.25, -0.2) is 14.4 Å². The van der Waals surface area contributed by atoms with Crippen LogP contribution in [-0.2, 0) is 11.2 Å². The molecule has 1 aromatic rings. The summed E-state index contributed by atoms with van der Waals surface area (Å²) in [5.74, 6) is -0.625. The van der Waals surface area contributed by atoms with Crippen LogP contribution in [-0.4, -0.2) is 44.6 Å². The fraction of sp³-hybridized carbons (Fsp3) is 0.433. The average Bonchev–Trinajstić information content (AvgIpc) is 3.16. The number of nitrogens with one attached hydrogen (secondary N) is 1. The quantitative estimate of drug-likeness (QED) is 0.215. The summed E-state index contributed by atoms with van der Waals surface area (Å²) < 4.78 is 13.3. The highest BCUT2D eigenvalue weighted by atomic mass is 19.1. The van der Waals surface area contributed by atoms with E-state index < -0.39 is 18.4 Å². The number of carbonyl (C=O) groups is 1. The van der Waals surface area contributed by atoms with Crippen molar-refractivity contribution in [1.82, 2.24) is 15.3 Å². The Morgan fingerprint density at radius 3 is 2.70 bits per heavy atom. The number of alkyl halides is 1. The van der Waals surface area contributed by atoms with Gasteiger partial charge in [0.15, 0.2) is 6.29 Å². The van der Waals surface area contributed by atoms with Crippen LogP contribution >= 0.6 is 0 Å². The van der Waals surface area contributed by atoms with Crippen molar-refractivity contribution in [2.45, 2.75) is 77.8 Å². The number of aliphatic hydroxyl groups is 2. The minimum atomic E-state index is -1.32. The zero-order valence-electron chi connectivity index (χ0n) is 22.1. The minimum absolute atomic E-state index is 0.162. The highest BCUT2D eigenvalue weighted by molar-refractivity contribution is 5.84. The zero-order valence-corrected chi connectivity index (χ0v) is 22.1. The van der Waals surface area contributed by atoms with Crippen LogP contribution in [0.3, 0.4) is 0 Å². The maximum absolute atomic E-state index is 13.3. The highest BCUT2D eigenvalue weighted by Crippen LogP contribution is 2.20. The summed E-state index contributed by atoms with van der Waals surface area (Å²) in [5, 5.41) is 22.6. The molecule has 0 bridgehead atoms. The number of rotatable bonds is 13. The van der Waals surface area contributed by atoms with Crippen LogP contribution in [0.5, 0.6) is 0 Å². The summed E-state index contributed by atoms with van der Waals surface area (Å²) in [6.07, 6.45) is 19.5. The molecular formula is C30H40FN3O3. The first-order valence-electron chi connectivity index (χ1n) is 12.9. The van der Waals surface area contributed by atoms with E-state index in [-0.39, 0.29) is 18.4 Å². The van der Waals surface area contributed by atoms with E-state index in [2.05, 4.69) is 24.0 Å². The van der Waals surface area contributed by atoms with Gasteiger partial charge in [-0.3, -0.25) is 4.79 Å². The molecule has 3 N–H and O–H groups in total. The summed E-state index contributed by atoms with van der Waals surface area (Å²) in [4.78, 5) is 22.7. The van der Waals surface area contributed by atoms with Crippen LogP contribution in [0.25, 0.3) is 17.7 Å². The number of hydrogen-bond acceptors (Lipinski definition) is 5. The van der Waals surface area contributed by atoms with Crippen molar-refractivity contribution in [2.24, 2.45) is 5.92 Å². The van der Waals surface area contributed by atoms with Gasteiger partial charge in [0.25, 0.3) is 0 Å². The number of halogens is 1. The molecule has 1 aromatic heterocycles. The van der Waals surface area contributed by atoms with Crippen LogP contribution in [0.1, 0.15) is 64.3 Å². The molecule has 0 radical (unpaired) electrons. The van der Waals surface area contributed by atoms with Gasteiger partial charge in [-0.1, -0.05) is 61.6 Å². The van der Waals surface area contributed by atoms with E-state index in [4.69, 9.17) is 9.97 Å². The second kappa shape index (κ2) is 15.8. The largest absolute Gasteiger partial charge is 0.368 e. The summed E-state index contributed by atoms with van der Waals surface area (Å²) >= 11 is 0. The maximum Gasteiger partial charge on any atom is 0.227 e. The van der Waals surface area contributed by atoms with Gasteiger partial charge >= 0.3 is 0 Å². The predicted molar refractivity (Wildman–Crippen MR) is 148 cm³/mol. The van der Waals surface area contributed by atoms with Crippen molar-refractivity contribution in [1.29, 1.82) is 0 Å². The molecule has 7 heteroatoms. The average molecular weight is 510 g/mol. The summed E-state index contributed by atoms with van der Waals surface area (Å²) in [6.45, 7) is 8.97. The van der Waals surface area contributed by atoms with E-state index in [1.807, 2.05) is 44.2 Å². The number of aromatic nitrogens is 2. The van der Waals surface area contributed by atoms with Crippen molar-refractivity contribution in [3.8, 4) is 0 Å². The third kappa shape index (κ3) is 10.4. The van der Waals surface area contributed by atoms with Crippen molar-refractivity contribution < 1.29 is 19.4 Å². The monoisotopic (exact) mass is 509 g/mol. The lowest BCUT2D eigenvalue weighted by Crippen LogP contribution is -2.38. The van der Waals surface area contributed by atoms with Gasteiger partial charge in [0.1, 0.15) is 6.17 Å². The first-order chi connectivity index (χ1) is 17.7. The van der Waals surface area contributed by atoms with E-state index in [1.165, 1.54) is 6.08 Å². The minimum Gasteiger partial charge on any atom is -0.368 e. The number of amides is 1. The van der Waals surface area contributed by atoms with E-state index in [9.17, 15) is 19.4 Å². The molecule has 0 aliphatic heterocycles. The molecule has 0 saturated heterocycles. The van der Waals surface area contributed by atoms with Gasteiger partial charge in [0, 0.05) is 12.5 Å². The van der Waals surface area contributed by atoms with Gasteiger partial charge in [-0.15, -0.1) is 6.58 Å². The molecule has 1 amide bonds. The molecule has 6 nitrogen and oxygen atoms in total. The lowest BCUT2D eigenvalue weighted by Gasteiger charge is -2.13. The molecule has 1 heterocycles. The Bertz CT molecular complexity index is 1150. The number of aliphatic hydroxyl groups excluding tert-OH is 1. The Morgan fingerprint density at radius 1 is 1.22 bits per heavy atom. The SMILES string of the molecule is C=CC(F)C/C=C/C(C)NC(=O)C(C)/C=c1/nc(CCCCC(O)O)c(C2=CCC=CC=C2)n/c1=C/C. The van der Waals surface area contributed by atoms with E-state index in [1.54, 1.807) is 19.1 Å². The Balaban J connectivity index is 2.32. The fourth-order valence-electron chi connectivity index (χ4n) is 3.84. The van der Waals surface area contributed by atoms with Crippen molar-refractivity contribution in [2.75, 3.05) is 0 Å². The molecule has 37 heavy (non-hydrogen) atoms. The molecule has 1 aliphatic rings. The van der Waals surface area contributed by atoms with Gasteiger partial charge in [0.2, 0.25) is 5.91 Å². The van der Waals surface area contributed by atoms with Gasteiger partial charge in [0.05, 0.1) is 28.0 Å². The Labute approximate surface area is 219 Å². The lowest BCUT2D eigenvalue weighted by atomic mass is 10.0. The van der Waals surface area contributed by atoms with Crippen LogP contribution < -0.4 is 16.0 Å². The second-order valence-electron chi connectivity index (χ2n) is 9.16. The first-order valence-corrected chi connectivity index (χ1v) is 12.9. The summed E-state index contributed by atoms with van der Waals surface area (Å²) in [6, 6.07) is -0.244. The molecule has 200 valence electrons. The van der Waals surface area contributed by atoms with Crippen molar-refractivity contribution in [3.63, 3.8) is 0 Å². The standard InChI is InChI=1S/C30H40FN3O3/c1-5-24(31)17-13-14-22(4)32-30(37)21(3)20-27-25(6-2)34-29(23-15-9-7-8-10-16-23)26(33-27)18-11-12-19-28(35)36/h5-9,13-16,20-22,24,28,35-36H,1,10-12,17-19H2,2-4H3,(H,32,37)/b14-13+,25-6+,27-20+. The number of nitrogens with zero attached hydrogens (tertiary/aromatic N) is 2. The number of carbonyl (C=O) groups excluding carboxylic acids is 1. The Hall–Kier alpha value is -3.16. The molecule has 0 aromatic carbocycles. The molecule has 0 fully saturated rings. The number of aryl methyl sites for hydroxylation is 1. The fourth-order valence-corrected chi connectivity index (χ4v) is 3.84. The van der Waals surface area contributed by atoms with E-state index in [0.29, 0.717) is 30.0 Å². The smallest absolute Gasteiger partial charge is 0.227 e. The Morgan fingerprint density at radius 2 is 2.00 bits per heavy atom. The first kappa shape index (κ1) is 30.1. The highest BCUT2D eigenvalue weighted by Gasteiger charge is 2.15. The number of hydrogen-bond donors (Lipinski definition) is 3. The third-order valence-electron chi connectivity index (χ3n) is 5.93. The number of unbranched alkanes of at least 4 members (excludes halogenated alkanes) is 1. The van der Waals surface area contributed by atoms with Crippen molar-refractivity contribution in [3.05, 3.63) is 77.3 Å². The van der Waals surface area contributed by atoms with Crippen LogP contribution in [0, 0.1) is 5.92 Å². The summed E-state index contributed by atoms with van der Waals surface area (Å²) in [7, 11) is 0. The van der Waals surface area contributed by atoms with Crippen molar-refractivity contribution >= 4 is 23.6 Å². The predicted octanol–water partition coefficient (Wildman–Crippen LogP) is 3.59. The van der Waals surface area contributed by atoms with Crippen LogP contribution in [0.2, 0.25) is 0 Å². The van der Waals surface area contributed by atoms with Gasteiger partial charge < -0.3 is 15.5 Å². The molecule has 1 aliphatic carbocycles. The van der Waals surface area contributed by atoms with E-state index in [0.717, 1.165) is 29.8 Å². The van der Waals surface area contributed by atoms with Crippen LogP contribution in [0.15, 0.2) is 55.2 Å². The molecule has 0 saturated carbocycles. The molecular weight excluding hydrogens is 469 g/mol. The topological polar surface area (TPSA) is 95.3 Å². The summed E-state index contributed by atoms with van der Waals surface area (Å²) in [5.41, 5.74) is 2.60. The zero-order chi connectivity index (χ0) is 27.2. The molecule has 0 spiro atoms. The molecule has 2 rings (SSSR count). The van der Waals surface area contributed by atoms with Crippen LogP contribution in [0.4, 0.5) is 4.39 Å². The number of allylic oxidation sites excluding steroid dienone is 8. The third-order valence-corrected chi connectivity index (χ3v) is 5.93. The van der Waals surface area contributed by atoms with Gasteiger partial charge in [-0.05, 0) is 57.6 Å². The Kier molecular flexibility index (Phi) is 12.9. The molecule has 3 atom stereocenters. The van der Waals surface area contributed by atoms with Gasteiger partial charge in [-0.2, -0.15) is 0 Å². The second-order valence-corrected chi connectivity index (χ2v) is 9.16. The lowest BCUT2D eigenvalue weighted by molar-refractivity contribution is -0.123. The van der Waals surface area contributed by atoms with E-state index >= 15 is 0 Å². The molecule has 3 unspecified atom stereocenters.